The monoisotopic (exact) mass is 257 g/mol. The van der Waals surface area contributed by atoms with Crippen molar-refractivity contribution in [1.82, 2.24) is 5.32 Å². The van der Waals surface area contributed by atoms with Crippen LogP contribution >= 0.6 is 0 Å². The number of halogens is 2. The Balaban J connectivity index is 2.94. The van der Waals surface area contributed by atoms with Gasteiger partial charge in [0.25, 0.3) is 5.91 Å². The fourth-order valence-electron chi connectivity index (χ4n) is 1.41. The number of benzene rings is 1. The molecule has 0 spiro atoms. The molecule has 1 atom stereocenters. The zero-order chi connectivity index (χ0) is 13.9. The minimum atomic E-state index is -1.29. The molecule has 0 aliphatic rings. The molecule has 0 heterocycles. The lowest BCUT2D eigenvalue weighted by molar-refractivity contribution is -0.140. The summed E-state index contributed by atoms with van der Waals surface area (Å²) in [5, 5.41) is 11.0. The summed E-state index contributed by atoms with van der Waals surface area (Å²) in [7, 11) is 0. The molecule has 0 unspecified atom stereocenters. The fraction of sp³-hybridized carbons (Fsp3) is 0.333. The summed E-state index contributed by atoms with van der Waals surface area (Å²) in [5.41, 5.74) is -0.512. The normalized spacial score (nSPS) is 12.3. The molecular weight excluding hydrogens is 244 g/mol. The summed E-state index contributed by atoms with van der Waals surface area (Å²) < 4.78 is 26.2. The summed E-state index contributed by atoms with van der Waals surface area (Å²) in [6.45, 7) is 3.20. The van der Waals surface area contributed by atoms with E-state index in [1.165, 1.54) is 6.07 Å². The third kappa shape index (κ3) is 3.03. The number of nitrogens with one attached hydrogen (secondary N) is 1. The molecule has 0 saturated carbocycles. The van der Waals surface area contributed by atoms with Gasteiger partial charge >= 0.3 is 5.97 Å². The van der Waals surface area contributed by atoms with E-state index >= 15 is 0 Å². The van der Waals surface area contributed by atoms with Crippen LogP contribution in [0.25, 0.3) is 0 Å². The summed E-state index contributed by atoms with van der Waals surface area (Å²) in [4.78, 5) is 22.5. The van der Waals surface area contributed by atoms with Crippen molar-refractivity contribution in [2.45, 2.75) is 19.9 Å². The molecule has 1 rings (SSSR count). The molecule has 2 N–H and O–H groups in total. The third-order valence-corrected chi connectivity index (χ3v) is 2.42. The second-order valence-electron chi connectivity index (χ2n) is 4.13. The SMILES string of the molecule is CC(C)[C@H](NC(=O)c1cccc(F)c1F)C(=O)O. The van der Waals surface area contributed by atoms with E-state index in [1.807, 2.05) is 0 Å². The third-order valence-electron chi connectivity index (χ3n) is 2.42. The Morgan fingerprint density at radius 1 is 1.28 bits per heavy atom. The smallest absolute Gasteiger partial charge is 0.326 e. The van der Waals surface area contributed by atoms with Gasteiger partial charge in [-0.2, -0.15) is 0 Å². The van der Waals surface area contributed by atoms with Crippen molar-refractivity contribution in [3.63, 3.8) is 0 Å². The number of carboxylic acids is 1. The quantitative estimate of drug-likeness (QED) is 0.864. The first-order valence-corrected chi connectivity index (χ1v) is 5.32. The molecule has 1 aromatic carbocycles. The van der Waals surface area contributed by atoms with Gasteiger partial charge < -0.3 is 10.4 Å². The largest absolute Gasteiger partial charge is 0.480 e. The number of carboxylic acid groups (broad SMARTS) is 1. The number of carbonyl (C=O) groups is 2. The average molecular weight is 257 g/mol. The molecule has 0 saturated heterocycles. The Labute approximate surface area is 103 Å². The molecular formula is C12H13F2NO3. The highest BCUT2D eigenvalue weighted by Gasteiger charge is 2.25. The Kier molecular flexibility index (Phi) is 4.36. The predicted molar refractivity (Wildman–Crippen MR) is 60.1 cm³/mol. The van der Waals surface area contributed by atoms with E-state index in [0.717, 1.165) is 12.1 Å². The van der Waals surface area contributed by atoms with Crippen LogP contribution in [0.15, 0.2) is 18.2 Å². The molecule has 18 heavy (non-hydrogen) atoms. The van der Waals surface area contributed by atoms with Crippen molar-refractivity contribution < 1.29 is 23.5 Å². The summed E-state index contributed by atoms with van der Waals surface area (Å²) >= 11 is 0. The first-order chi connectivity index (χ1) is 8.34. The fourth-order valence-corrected chi connectivity index (χ4v) is 1.41. The Hall–Kier alpha value is -1.98. The van der Waals surface area contributed by atoms with Gasteiger partial charge in [-0.3, -0.25) is 4.79 Å². The predicted octanol–water partition coefficient (Wildman–Crippen LogP) is 1.80. The lowest BCUT2D eigenvalue weighted by atomic mass is 10.0. The summed E-state index contributed by atoms with van der Waals surface area (Å²) in [6, 6.07) is 1.99. The molecule has 6 heteroatoms. The van der Waals surface area contributed by atoms with E-state index in [0.29, 0.717) is 0 Å². The van der Waals surface area contributed by atoms with Gasteiger partial charge in [-0.25, -0.2) is 13.6 Å². The lowest BCUT2D eigenvalue weighted by Gasteiger charge is -2.18. The Morgan fingerprint density at radius 3 is 2.39 bits per heavy atom. The molecule has 0 aliphatic heterocycles. The maximum atomic E-state index is 13.3. The molecule has 0 bridgehead atoms. The molecule has 98 valence electrons. The van der Waals surface area contributed by atoms with Gasteiger partial charge in [0.1, 0.15) is 6.04 Å². The minimum Gasteiger partial charge on any atom is -0.480 e. The van der Waals surface area contributed by atoms with Crippen LogP contribution in [-0.4, -0.2) is 23.0 Å². The first-order valence-electron chi connectivity index (χ1n) is 5.32. The maximum absolute atomic E-state index is 13.3. The Bertz CT molecular complexity index is 474. The number of carbonyl (C=O) groups excluding carboxylic acids is 1. The van der Waals surface area contributed by atoms with Crippen molar-refractivity contribution in [2.24, 2.45) is 5.92 Å². The first kappa shape index (κ1) is 14.1. The molecule has 1 aromatic rings. The topological polar surface area (TPSA) is 66.4 Å². The highest BCUT2D eigenvalue weighted by Crippen LogP contribution is 2.12. The van der Waals surface area contributed by atoms with Crippen molar-refractivity contribution in [3.05, 3.63) is 35.4 Å². The van der Waals surface area contributed by atoms with Gasteiger partial charge in [0.05, 0.1) is 5.56 Å². The van der Waals surface area contributed by atoms with E-state index in [9.17, 15) is 18.4 Å². The zero-order valence-electron chi connectivity index (χ0n) is 9.91. The van der Waals surface area contributed by atoms with Crippen LogP contribution in [-0.2, 0) is 4.79 Å². The van der Waals surface area contributed by atoms with Crippen LogP contribution in [0.4, 0.5) is 8.78 Å². The van der Waals surface area contributed by atoms with Crippen molar-refractivity contribution in [2.75, 3.05) is 0 Å². The second-order valence-corrected chi connectivity index (χ2v) is 4.13. The van der Waals surface area contributed by atoms with E-state index in [-0.39, 0.29) is 5.92 Å². The number of aliphatic carboxylic acids is 1. The van der Waals surface area contributed by atoms with Crippen molar-refractivity contribution >= 4 is 11.9 Å². The Morgan fingerprint density at radius 2 is 1.89 bits per heavy atom. The summed E-state index contributed by atoms with van der Waals surface area (Å²) in [6.07, 6.45) is 0. The highest BCUT2D eigenvalue weighted by atomic mass is 19.2. The highest BCUT2D eigenvalue weighted by molar-refractivity contribution is 5.96. The van der Waals surface area contributed by atoms with E-state index in [4.69, 9.17) is 5.11 Å². The van der Waals surface area contributed by atoms with Gasteiger partial charge in [0.15, 0.2) is 11.6 Å². The van der Waals surface area contributed by atoms with Crippen LogP contribution in [0.2, 0.25) is 0 Å². The molecule has 0 aliphatic carbocycles. The van der Waals surface area contributed by atoms with E-state index in [2.05, 4.69) is 5.32 Å². The maximum Gasteiger partial charge on any atom is 0.326 e. The minimum absolute atomic E-state index is 0.372. The second kappa shape index (κ2) is 5.57. The van der Waals surface area contributed by atoms with E-state index in [1.54, 1.807) is 13.8 Å². The number of hydrogen-bond donors (Lipinski definition) is 2. The van der Waals surface area contributed by atoms with Crippen molar-refractivity contribution in [3.8, 4) is 0 Å². The lowest BCUT2D eigenvalue weighted by Crippen LogP contribution is -2.44. The number of rotatable bonds is 4. The molecule has 0 aromatic heterocycles. The van der Waals surface area contributed by atoms with Crippen LogP contribution in [0.3, 0.4) is 0 Å². The zero-order valence-corrected chi connectivity index (χ0v) is 9.91. The van der Waals surface area contributed by atoms with Crippen LogP contribution in [0.1, 0.15) is 24.2 Å². The van der Waals surface area contributed by atoms with Gasteiger partial charge in [0.2, 0.25) is 0 Å². The molecule has 4 nitrogen and oxygen atoms in total. The number of amides is 1. The van der Waals surface area contributed by atoms with Gasteiger partial charge in [0, 0.05) is 0 Å². The van der Waals surface area contributed by atoms with Gasteiger partial charge in [-0.1, -0.05) is 19.9 Å². The summed E-state index contributed by atoms with van der Waals surface area (Å²) in [5.74, 6) is -4.99. The van der Waals surface area contributed by atoms with Gasteiger partial charge in [-0.15, -0.1) is 0 Å². The molecule has 0 fully saturated rings. The number of hydrogen-bond acceptors (Lipinski definition) is 2. The van der Waals surface area contributed by atoms with E-state index < -0.39 is 35.1 Å². The van der Waals surface area contributed by atoms with Gasteiger partial charge in [-0.05, 0) is 18.1 Å². The standard InChI is InChI=1S/C12H13F2NO3/c1-6(2)10(12(17)18)15-11(16)7-4-3-5-8(13)9(7)14/h3-6,10H,1-2H3,(H,15,16)(H,17,18)/t10-/m0/s1. The van der Waals surface area contributed by atoms with Crippen molar-refractivity contribution in [1.29, 1.82) is 0 Å². The molecule has 0 radical (unpaired) electrons. The average Bonchev–Trinajstić information content (AvgIpc) is 2.28. The molecule has 1 amide bonds. The van der Waals surface area contributed by atoms with Crippen LogP contribution < -0.4 is 5.32 Å². The van der Waals surface area contributed by atoms with Crippen LogP contribution in [0.5, 0.6) is 0 Å². The van der Waals surface area contributed by atoms with Crippen LogP contribution in [0, 0.1) is 17.6 Å².